The van der Waals surface area contributed by atoms with Gasteiger partial charge in [0.1, 0.15) is 0 Å². The van der Waals surface area contributed by atoms with Crippen molar-refractivity contribution in [3.05, 3.63) is 52.9 Å². The highest BCUT2D eigenvalue weighted by Crippen LogP contribution is 2.46. The van der Waals surface area contributed by atoms with Gasteiger partial charge in [-0.15, -0.1) is 23.1 Å². The van der Waals surface area contributed by atoms with E-state index in [-0.39, 0.29) is 0 Å². The molecule has 23 heavy (non-hydrogen) atoms. The Balaban J connectivity index is 2.18. The number of carbonyl (C=O) groups excluding carboxylic acids is 2. The number of rotatable bonds is 3. The van der Waals surface area contributed by atoms with Crippen LogP contribution in [0.15, 0.2) is 46.7 Å². The van der Waals surface area contributed by atoms with Gasteiger partial charge in [0.2, 0.25) is 0 Å². The Hall–Kier alpha value is -2.11. The van der Waals surface area contributed by atoms with Crippen LogP contribution in [0.5, 0.6) is 0 Å². The Morgan fingerprint density at radius 1 is 1.00 bits per heavy atom. The third-order valence-electron chi connectivity index (χ3n) is 3.81. The van der Waals surface area contributed by atoms with Gasteiger partial charge in [-0.3, -0.25) is 0 Å². The van der Waals surface area contributed by atoms with Crippen LogP contribution in [-0.2, 0) is 4.74 Å². The van der Waals surface area contributed by atoms with Crippen LogP contribution in [0, 0.1) is 0 Å². The van der Waals surface area contributed by atoms with Crippen LogP contribution in [0.4, 0.5) is 0 Å². The zero-order valence-corrected chi connectivity index (χ0v) is 13.9. The van der Waals surface area contributed by atoms with Crippen molar-refractivity contribution < 1.29 is 14.3 Å². The number of carbonyl (C=O) groups is 2. The fourth-order valence-corrected chi connectivity index (χ4v) is 4.91. The quantitative estimate of drug-likeness (QED) is 0.383. The lowest BCUT2D eigenvalue weighted by Gasteiger charge is -2.12. The lowest BCUT2D eigenvalue weighted by Crippen LogP contribution is -1.99. The number of ether oxygens (including phenoxy) is 1. The van der Waals surface area contributed by atoms with Gasteiger partial charge in [0.15, 0.2) is 0 Å². The maximum atomic E-state index is 12.3. The lowest BCUT2D eigenvalue weighted by atomic mass is 9.94. The van der Waals surface area contributed by atoms with Crippen molar-refractivity contribution in [1.29, 1.82) is 0 Å². The summed E-state index contributed by atoms with van der Waals surface area (Å²) < 4.78 is 5.96. The van der Waals surface area contributed by atoms with Gasteiger partial charge in [0.05, 0.1) is 11.1 Å². The van der Waals surface area contributed by atoms with Gasteiger partial charge in [-0.05, 0) is 22.8 Å². The van der Waals surface area contributed by atoms with Gasteiger partial charge >= 0.3 is 11.9 Å². The molecule has 3 nitrogen and oxygen atoms in total. The monoisotopic (exact) mass is 340 g/mol. The summed E-state index contributed by atoms with van der Waals surface area (Å²) in [4.78, 5) is 25.5. The molecule has 1 aliphatic heterocycles. The predicted molar refractivity (Wildman–Crippen MR) is 93.4 cm³/mol. The van der Waals surface area contributed by atoms with Gasteiger partial charge in [-0.25, -0.2) is 9.59 Å². The second-order valence-corrected chi connectivity index (χ2v) is 7.28. The fourth-order valence-electron chi connectivity index (χ4n) is 2.93. The third kappa shape index (κ3) is 2.11. The van der Waals surface area contributed by atoms with Crippen LogP contribution in [0.1, 0.15) is 27.6 Å². The average Bonchev–Trinajstić information content (AvgIpc) is 3.14. The van der Waals surface area contributed by atoms with E-state index < -0.39 is 11.9 Å². The average molecular weight is 340 g/mol. The van der Waals surface area contributed by atoms with E-state index in [1.165, 1.54) is 0 Å². The molecule has 0 amide bonds. The van der Waals surface area contributed by atoms with Crippen LogP contribution in [0.3, 0.4) is 0 Å². The molecule has 0 saturated carbocycles. The van der Waals surface area contributed by atoms with E-state index in [4.69, 9.17) is 4.74 Å². The Labute approximate surface area is 141 Å². The first-order valence-corrected chi connectivity index (χ1v) is 9.10. The SMILES string of the molecule is CCSc1c2c(c(-c3ccccc3)c3sccc13)C(=O)OC2=O. The van der Waals surface area contributed by atoms with Crippen LogP contribution >= 0.6 is 23.1 Å². The summed E-state index contributed by atoms with van der Waals surface area (Å²) in [6, 6.07) is 11.7. The molecule has 2 aromatic carbocycles. The van der Waals surface area contributed by atoms with E-state index in [1.807, 2.05) is 48.7 Å². The Bertz CT molecular complexity index is 942. The van der Waals surface area contributed by atoms with Crippen molar-refractivity contribution in [3.63, 3.8) is 0 Å². The maximum Gasteiger partial charge on any atom is 0.348 e. The molecule has 0 N–H and O–H groups in total. The second kappa shape index (κ2) is 5.51. The Kier molecular flexibility index (Phi) is 3.47. The molecule has 3 aromatic rings. The molecule has 4 rings (SSSR count). The van der Waals surface area contributed by atoms with Crippen molar-refractivity contribution in [2.24, 2.45) is 0 Å². The minimum absolute atomic E-state index is 0.409. The molecule has 0 fully saturated rings. The molecule has 1 aliphatic rings. The molecule has 0 spiro atoms. The van der Waals surface area contributed by atoms with Crippen molar-refractivity contribution in [3.8, 4) is 11.1 Å². The van der Waals surface area contributed by atoms with Gasteiger partial charge in [0.25, 0.3) is 0 Å². The molecular formula is C18H12O3S2. The molecule has 1 aromatic heterocycles. The Morgan fingerprint density at radius 3 is 2.48 bits per heavy atom. The molecular weight excluding hydrogens is 328 g/mol. The van der Waals surface area contributed by atoms with Crippen LogP contribution in [0.2, 0.25) is 0 Å². The first-order valence-electron chi connectivity index (χ1n) is 7.24. The largest absolute Gasteiger partial charge is 0.386 e. The summed E-state index contributed by atoms with van der Waals surface area (Å²) in [5.41, 5.74) is 2.57. The number of thiophene rings is 1. The predicted octanol–water partition coefficient (Wildman–Crippen LogP) is 4.99. The zero-order valence-electron chi connectivity index (χ0n) is 12.3. The number of thioether (sulfide) groups is 1. The van der Waals surface area contributed by atoms with Crippen LogP contribution in [-0.4, -0.2) is 17.7 Å². The number of hydrogen-bond acceptors (Lipinski definition) is 5. The topological polar surface area (TPSA) is 43.4 Å². The molecule has 0 saturated heterocycles. The fraction of sp³-hybridized carbons (Fsp3) is 0.111. The first-order chi connectivity index (χ1) is 11.2. The van der Waals surface area contributed by atoms with Crippen molar-refractivity contribution in [2.45, 2.75) is 11.8 Å². The number of hydrogen-bond donors (Lipinski definition) is 0. The van der Waals surface area contributed by atoms with E-state index in [1.54, 1.807) is 23.1 Å². The summed E-state index contributed by atoms with van der Waals surface area (Å²) in [6.07, 6.45) is 0. The smallest absolute Gasteiger partial charge is 0.348 e. The molecule has 5 heteroatoms. The lowest BCUT2D eigenvalue weighted by molar-refractivity contribution is 0.0443. The summed E-state index contributed by atoms with van der Waals surface area (Å²) in [7, 11) is 0. The van der Waals surface area contributed by atoms with E-state index in [0.717, 1.165) is 31.9 Å². The van der Waals surface area contributed by atoms with E-state index in [0.29, 0.717) is 11.1 Å². The van der Waals surface area contributed by atoms with E-state index >= 15 is 0 Å². The van der Waals surface area contributed by atoms with Crippen LogP contribution < -0.4 is 0 Å². The van der Waals surface area contributed by atoms with E-state index in [9.17, 15) is 9.59 Å². The molecule has 114 valence electrons. The number of esters is 2. The third-order valence-corrected chi connectivity index (χ3v) is 5.74. The van der Waals surface area contributed by atoms with Crippen molar-refractivity contribution in [1.82, 2.24) is 0 Å². The summed E-state index contributed by atoms with van der Waals surface area (Å²) in [5, 5.41) is 3.02. The molecule has 0 unspecified atom stereocenters. The van der Waals surface area contributed by atoms with Crippen LogP contribution in [0.25, 0.3) is 21.2 Å². The maximum absolute atomic E-state index is 12.3. The second-order valence-electron chi connectivity index (χ2n) is 5.09. The highest BCUT2D eigenvalue weighted by molar-refractivity contribution is 7.99. The van der Waals surface area contributed by atoms with Crippen molar-refractivity contribution >= 4 is 45.1 Å². The summed E-state index contributed by atoms with van der Waals surface area (Å²) >= 11 is 3.16. The molecule has 0 atom stereocenters. The zero-order chi connectivity index (χ0) is 16.0. The Morgan fingerprint density at radius 2 is 1.74 bits per heavy atom. The number of benzene rings is 2. The molecule has 0 aliphatic carbocycles. The van der Waals surface area contributed by atoms with Gasteiger partial charge in [-0.1, -0.05) is 37.3 Å². The summed E-state index contributed by atoms with van der Waals surface area (Å²) in [6.45, 7) is 2.03. The van der Waals surface area contributed by atoms with E-state index in [2.05, 4.69) is 0 Å². The standard InChI is InChI=1S/C18H12O3S2/c1-2-22-16-11-8-9-23-15(11)12(10-6-4-3-5-7-10)13-14(16)18(20)21-17(13)19/h3-9H,2H2,1H3. The molecule has 0 radical (unpaired) electrons. The normalized spacial score (nSPS) is 13.4. The van der Waals surface area contributed by atoms with Crippen molar-refractivity contribution in [2.75, 3.05) is 5.75 Å². The molecule has 0 bridgehead atoms. The number of fused-ring (bicyclic) bond motifs is 2. The molecule has 2 heterocycles. The highest BCUT2D eigenvalue weighted by atomic mass is 32.2. The van der Waals surface area contributed by atoms with Gasteiger partial charge < -0.3 is 4.74 Å². The highest BCUT2D eigenvalue weighted by Gasteiger charge is 2.37. The minimum Gasteiger partial charge on any atom is -0.386 e. The van der Waals surface area contributed by atoms with Gasteiger partial charge in [-0.2, -0.15) is 0 Å². The number of cyclic esters (lactones) is 2. The first kappa shape index (κ1) is 14.5. The van der Waals surface area contributed by atoms with Gasteiger partial charge in [0, 0.05) is 20.5 Å². The summed E-state index contributed by atoms with van der Waals surface area (Å²) in [5.74, 6) is -0.257. The minimum atomic E-state index is -0.544.